The molecular weight excluding hydrogens is 398 g/mol. The Labute approximate surface area is 170 Å². The number of aromatic hydroxyl groups is 1. The predicted molar refractivity (Wildman–Crippen MR) is 107 cm³/mol. The quantitative estimate of drug-likeness (QED) is 0.533. The summed E-state index contributed by atoms with van der Waals surface area (Å²) >= 11 is 5.83. The van der Waals surface area contributed by atoms with E-state index in [1.807, 2.05) is 0 Å². The summed E-state index contributed by atoms with van der Waals surface area (Å²) in [4.78, 5) is 35.9. The highest BCUT2D eigenvalue weighted by Gasteiger charge is 2.21. The molecule has 0 aliphatic rings. The molecular formula is C21H18ClNO6. The van der Waals surface area contributed by atoms with Gasteiger partial charge < -0.3 is 19.9 Å². The summed E-state index contributed by atoms with van der Waals surface area (Å²) in [5.74, 6) is -1.76. The third-order valence-electron chi connectivity index (χ3n) is 4.56. The van der Waals surface area contributed by atoms with Crippen LogP contribution >= 0.6 is 11.6 Å². The zero-order chi connectivity index (χ0) is 21.1. The number of hydrogen-bond donors (Lipinski definition) is 3. The number of rotatable bonds is 6. The van der Waals surface area contributed by atoms with Gasteiger partial charge >= 0.3 is 11.6 Å². The van der Waals surface area contributed by atoms with Gasteiger partial charge in [-0.05, 0) is 42.3 Å². The number of fused-ring (bicyclic) bond motifs is 1. The number of phenols is 1. The lowest BCUT2D eigenvalue weighted by molar-refractivity contribution is -0.141. The molecule has 3 rings (SSSR count). The second-order valence-corrected chi connectivity index (χ2v) is 7.08. The fraction of sp³-hybridized carbons (Fsp3) is 0.190. The number of hydrogen-bond acceptors (Lipinski definition) is 5. The Kier molecular flexibility index (Phi) is 5.89. The highest BCUT2D eigenvalue weighted by molar-refractivity contribution is 6.30. The van der Waals surface area contributed by atoms with Crippen LogP contribution in [0.5, 0.6) is 5.75 Å². The number of carbonyl (C=O) groups is 2. The Bertz CT molecular complexity index is 1140. The van der Waals surface area contributed by atoms with Gasteiger partial charge in [-0.25, -0.2) is 9.59 Å². The normalized spacial score (nSPS) is 11.9. The highest BCUT2D eigenvalue weighted by atomic mass is 35.5. The largest absolute Gasteiger partial charge is 0.508 e. The molecule has 2 aromatic carbocycles. The minimum absolute atomic E-state index is 0.0313. The average molecular weight is 416 g/mol. The first-order valence-electron chi connectivity index (χ1n) is 8.76. The van der Waals surface area contributed by atoms with E-state index in [9.17, 15) is 24.6 Å². The van der Waals surface area contributed by atoms with Gasteiger partial charge in [0.15, 0.2) is 0 Å². The number of aryl methyl sites for hydroxylation is 1. The summed E-state index contributed by atoms with van der Waals surface area (Å²) in [7, 11) is 0. The molecule has 0 spiro atoms. The van der Waals surface area contributed by atoms with E-state index in [1.165, 1.54) is 12.1 Å². The Hall–Kier alpha value is -3.32. The summed E-state index contributed by atoms with van der Waals surface area (Å²) in [5.41, 5.74) is 1.00. The van der Waals surface area contributed by atoms with Crippen LogP contribution in [0.25, 0.3) is 11.0 Å². The monoisotopic (exact) mass is 415 g/mol. The smallest absolute Gasteiger partial charge is 0.336 e. The maximum atomic E-state index is 12.5. The van der Waals surface area contributed by atoms with Crippen molar-refractivity contribution in [3.63, 3.8) is 0 Å². The number of aliphatic carboxylic acids is 1. The Morgan fingerprint density at radius 3 is 2.52 bits per heavy atom. The van der Waals surface area contributed by atoms with E-state index in [4.69, 9.17) is 16.0 Å². The first kappa shape index (κ1) is 20.4. The van der Waals surface area contributed by atoms with Crippen LogP contribution in [0.3, 0.4) is 0 Å². The SMILES string of the molecule is Cc1c(O)ccc2c(CC(=O)NC(Cc3ccc(Cl)cc3)C(=O)O)cc(=O)oc12. The van der Waals surface area contributed by atoms with E-state index in [-0.39, 0.29) is 24.2 Å². The second-order valence-electron chi connectivity index (χ2n) is 6.64. The molecule has 3 N–H and O–H groups in total. The molecule has 0 radical (unpaired) electrons. The van der Waals surface area contributed by atoms with Crippen molar-refractivity contribution in [1.29, 1.82) is 0 Å². The lowest BCUT2D eigenvalue weighted by atomic mass is 10.0. The van der Waals surface area contributed by atoms with Crippen LogP contribution < -0.4 is 10.9 Å². The van der Waals surface area contributed by atoms with Crippen molar-refractivity contribution in [2.75, 3.05) is 0 Å². The number of carboxylic acids is 1. The van der Waals surface area contributed by atoms with Crippen LogP contribution in [0.2, 0.25) is 5.02 Å². The lowest BCUT2D eigenvalue weighted by Gasteiger charge is -2.15. The molecule has 150 valence electrons. The molecule has 1 unspecified atom stereocenters. The number of halogens is 1. The maximum Gasteiger partial charge on any atom is 0.336 e. The number of carbonyl (C=O) groups excluding carboxylic acids is 1. The van der Waals surface area contributed by atoms with Gasteiger partial charge in [0.2, 0.25) is 5.91 Å². The van der Waals surface area contributed by atoms with Gasteiger partial charge in [0, 0.05) is 28.5 Å². The van der Waals surface area contributed by atoms with Crippen molar-refractivity contribution in [3.05, 3.63) is 74.6 Å². The fourth-order valence-electron chi connectivity index (χ4n) is 3.04. The second kappa shape index (κ2) is 8.36. The Morgan fingerprint density at radius 2 is 1.86 bits per heavy atom. The van der Waals surface area contributed by atoms with Crippen LogP contribution in [-0.2, 0) is 22.4 Å². The van der Waals surface area contributed by atoms with Crippen LogP contribution in [-0.4, -0.2) is 28.1 Å². The molecule has 3 aromatic rings. The number of carboxylic acid groups (broad SMARTS) is 1. The van der Waals surface area contributed by atoms with E-state index in [2.05, 4.69) is 5.32 Å². The summed E-state index contributed by atoms with van der Waals surface area (Å²) in [6.45, 7) is 1.59. The number of nitrogens with one attached hydrogen (secondary N) is 1. The molecule has 0 aliphatic carbocycles. The van der Waals surface area contributed by atoms with Crippen LogP contribution in [0, 0.1) is 6.92 Å². The number of benzene rings is 2. The minimum Gasteiger partial charge on any atom is -0.508 e. The first-order valence-corrected chi connectivity index (χ1v) is 9.14. The average Bonchev–Trinajstić information content (AvgIpc) is 2.66. The van der Waals surface area contributed by atoms with Crippen molar-refractivity contribution in [2.45, 2.75) is 25.8 Å². The third kappa shape index (κ3) is 4.75. The standard InChI is InChI=1S/C21H18ClNO6/c1-11-17(24)7-6-15-13(10-19(26)29-20(11)15)9-18(25)23-16(21(27)28)8-12-2-4-14(22)5-3-12/h2-7,10,16,24H,8-9H2,1H3,(H,23,25)(H,27,28). The number of amides is 1. The molecule has 1 heterocycles. The van der Waals surface area contributed by atoms with Gasteiger partial charge in [0.25, 0.3) is 0 Å². The number of phenolic OH excluding ortho intramolecular Hbond substituents is 1. The van der Waals surface area contributed by atoms with Crippen molar-refractivity contribution >= 4 is 34.4 Å². The first-order chi connectivity index (χ1) is 13.7. The lowest BCUT2D eigenvalue weighted by Crippen LogP contribution is -2.43. The van der Waals surface area contributed by atoms with Crippen molar-refractivity contribution < 1.29 is 24.2 Å². The van der Waals surface area contributed by atoms with Gasteiger partial charge in [-0.1, -0.05) is 23.7 Å². The van der Waals surface area contributed by atoms with Crippen LogP contribution in [0.4, 0.5) is 0 Å². The molecule has 0 saturated heterocycles. The fourth-order valence-corrected chi connectivity index (χ4v) is 3.16. The van der Waals surface area contributed by atoms with Gasteiger partial charge in [-0.15, -0.1) is 0 Å². The molecule has 1 aromatic heterocycles. The topological polar surface area (TPSA) is 117 Å². The molecule has 7 nitrogen and oxygen atoms in total. The minimum atomic E-state index is -1.17. The Morgan fingerprint density at radius 1 is 1.17 bits per heavy atom. The molecule has 0 aliphatic heterocycles. The van der Waals surface area contributed by atoms with Gasteiger partial charge in [-0.2, -0.15) is 0 Å². The molecule has 29 heavy (non-hydrogen) atoms. The van der Waals surface area contributed by atoms with Gasteiger partial charge in [0.05, 0.1) is 6.42 Å². The van der Waals surface area contributed by atoms with E-state index >= 15 is 0 Å². The van der Waals surface area contributed by atoms with Gasteiger partial charge in [-0.3, -0.25) is 4.79 Å². The summed E-state index contributed by atoms with van der Waals surface area (Å²) in [6.07, 6.45) is -0.125. The van der Waals surface area contributed by atoms with Gasteiger partial charge in [0.1, 0.15) is 17.4 Å². The van der Waals surface area contributed by atoms with E-state index in [0.29, 0.717) is 27.1 Å². The van der Waals surface area contributed by atoms with Crippen molar-refractivity contribution in [2.24, 2.45) is 0 Å². The van der Waals surface area contributed by atoms with Crippen molar-refractivity contribution in [1.82, 2.24) is 5.32 Å². The zero-order valence-corrected chi connectivity index (χ0v) is 16.2. The van der Waals surface area contributed by atoms with Crippen molar-refractivity contribution in [3.8, 4) is 5.75 Å². The Balaban J connectivity index is 1.82. The molecule has 0 saturated carbocycles. The molecule has 1 atom stereocenters. The summed E-state index contributed by atoms with van der Waals surface area (Å²) in [5, 5.41) is 22.8. The highest BCUT2D eigenvalue weighted by Crippen LogP contribution is 2.27. The maximum absolute atomic E-state index is 12.5. The van der Waals surface area contributed by atoms with Crippen LogP contribution in [0.15, 0.2) is 51.7 Å². The molecule has 8 heteroatoms. The molecule has 1 amide bonds. The molecule has 0 fully saturated rings. The van der Waals surface area contributed by atoms with Crippen LogP contribution in [0.1, 0.15) is 16.7 Å². The zero-order valence-electron chi connectivity index (χ0n) is 15.4. The summed E-state index contributed by atoms with van der Waals surface area (Å²) < 4.78 is 5.15. The summed E-state index contributed by atoms with van der Waals surface area (Å²) in [6, 6.07) is 9.71. The van der Waals surface area contributed by atoms with E-state index in [0.717, 1.165) is 0 Å². The predicted octanol–water partition coefficient (Wildman–Crippen LogP) is 2.82. The van der Waals surface area contributed by atoms with E-state index < -0.39 is 23.5 Å². The van der Waals surface area contributed by atoms with E-state index in [1.54, 1.807) is 37.3 Å². The third-order valence-corrected chi connectivity index (χ3v) is 4.81. The molecule has 0 bridgehead atoms.